The van der Waals surface area contributed by atoms with Gasteiger partial charge >= 0.3 is 0 Å². The fourth-order valence-corrected chi connectivity index (χ4v) is 4.93. The minimum atomic E-state index is -3.58. The number of benzene rings is 3. The summed E-state index contributed by atoms with van der Waals surface area (Å²) < 4.78 is 28.2. The van der Waals surface area contributed by atoms with Gasteiger partial charge < -0.3 is 5.32 Å². The molecule has 0 radical (unpaired) electrons. The van der Waals surface area contributed by atoms with Gasteiger partial charge in [0.1, 0.15) is 0 Å². The monoisotopic (exact) mass is 419 g/mol. The van der Waals surface area contributed by atoms with Crippen LogP contribution in [0.3, 0.4) is 0 Å². The molecule has 4 rings (SSSR count). The van der Waals surface area contributed by atoms with Crippen LogP contribution in [0.25, 0.3) is 21.5 Å². The molecule has 154 valence electrons. The van der Waals surface area contributed by atoms with E-state index < -0.39 is 10.0 Å². The molecule has 3 aromatic carbocycles. The average Bonchev–Trinajstić information content (AvgIpc) is 2.76. The van der Waals surface area contributed by atoms with E-state index in [0.29, 0.717) is 6.54 Å². The van der Waals surface area contributed by atoms with Crippen LogP contribution in [0.15, 0.2) is 84.0 Å². The number of hydrogen-bond acceptors (Lipinski definition) is 4. The molecule has 1 heterocycles. The summed E-state index contributed by atoms with van der Waals surface area (Å²) >= 11 is 0. The normalized spacial score (nSPS) is 13.0. The zero-order valence-electron chi connectivity index (χ0n) is 16.9. The topological polar surface area (TPSA) is 71.1 Å². The van der Waals surface area contributed by atoms with Crippen molar-refractivity contribution in [2.75, 3.05) is 13.1 Å². The predicted molar refractivity (Wildman–Crippen MR) is 122 cm³/mol. The zero-order valence-corrected chi connectivity index (χ0v) is 17.7. The molecule has 0 fully saturated rings. The van der Waals surface area contributed by atoms with Gasteiger partial charge in [0.05, 0.1) is 4.90 Å². The lowest BCUT2D eigenvalue weighted by molar-refractivity contribution is 0.537. The first kappa shape index (κ1) is 20.5. The molecule has 5 nitrogen and oxygen atoms in total. The first-order valence-electron chi connectivity index (χ1n) is 10.1. The zero-order chi connectivity index (χ0) is 21.0. The van der Waals surface area contributed by atoms with Gasteiger partial charge in [-0.3, -0.25) is 4.98 Å². The molecule has 0 bridgehead atoms. The van der Waals surface area contributed by atoms with Crippen molar-refractivity contribution in [2.24, 2.45) is 0 Å². The number of hydrogen-bond donors (Lipinski definition) is 2. The highest BCUT2D eigenvalue weighted by Gasteiger charge is 2.17. The third kappa shape index (κ3) is 4.67. The lowest BCUT2D eigenvalue weighted by Crippen LogP contribution is -2.40. The van der Waals surface area contributed by atoms with Gasteiger partial charge in [-0.05, 0) is 59.8 Å². The number of nitrogens with zero attached hydrogens (tertiary/aromatic N) is 1. The maximum atomic E-state index is 12.7. The van der Waals surface area contributed by atoms with Crippen LogP contribution in [0.4, 0.5) is 0 Å². The summed E-state index contributed by atoms with van der Waals surface area (Å²) in [5, 5.41) is 7.64. The molecule has 1 aromatic heterocycles. The van der Waals surface area contributed by atoms with E-state index in [0.717, 1.165) is 23.7 Å². The Morgan fingerprint density at radius 1 is 0.933 bits per heavy atom. The molecule has 0 aliphatic heterocycles. The Morgan fingerprint density at radius 3 is 2.67 bits per heavy atom. The van der Waals surface area contributed by atoms with Crippen molar-refractivity contribution in [3.63, 3.8) is 0 Å². The molecule has 0 aliphatic rings. The second-order valence-electron chi connectivity index (χ2n) is 7.50. The highest BCUT2D eigenvalue weighted by molar-refractivity contribution is 7.89. The van der Waals surface area contributed by atoms with Gasteiger partial charge in [0, 0.05) is 30.4 Å². The first-order valence-corrected chi connectivity index (χ1v) is 11.5. The standard InChI is InChI=1S/C24H25N3O2S/c1-18(16-25-13-11-20-7-4-6-19-5-2-3-8-24(19)20)27-30(28,29)23-10-9-22-17-26-14-12-21(22)15-23/h2-10,12,14-15,17-18,25,27H,11,13,16H2,1H3. The van der Waals surface area contributed by atoms with Gasteiger partial charge in [-0.2, -0.15) is 0 Å². The molecule has 30 heavy (non-hydrogen) atoms. The van der Waals surface area contributed by atoms with Crippen molar-refractivity contribution in [2.45, 2.75) is 24.3 Å². The molecule has 0 saturated heterocycles. The minimum Gasteiger partial charge on any atom is -0.315 e. The Morgan fingerprint density at radius 2 is 1.77 bits per heavy atom. The highest BCUT2D eigenvalue weighted by atomic mass is 32.2. The second kappa shape index (κ2) is 8.92. The predicted octanol–water partition coefficient (Wildman–Crippen LogP) is 3.89. The summed E-state index contributed by atoms with van der Waals surface area (Å²) in [4.78, 5) is 4.33. The first-order chi connectivity index (χ1) is 14.5. The van der Waals surface area contributed by atoms with Crippen molar-refractivity contribution in [3.05, 3.63) is 84.7 Å². The molecule has 6 heteroatoms. The second-order valence-corrected chi connectivity index (χ2v) is 9.21. The Bertz CT molecular complexity index is 1270. The maximum Gasteiger partial charge on any atom is 0.240 e. The number of nitrogens with one attached hydrogen (secondary N) is 2. The summed E-state index contributed by atoms with van der Waals surface area (Å²) in [6.45, 7) is 3.21. The van der Waals surface area contributed by atoms with Crippen LogP contribution >= 0.6 is 0 Å². The Hall–Kier alpha value is -2.80. The average molecular weight is 420 g/mol. The third-order valence-corrected chi connectivity index (χ3v) is 6.77. The fourth-order valence-electron chi connectivity index (χ4n) is 3.66. The smallest absolute Gasteiger partial charge is 0.240 e. The summed E-state index contributed by atoms with van der Waals surface area (Å²) in [6, 6.07) is 21.4. The number of fused-ring (bicyclic) bond motifs is 2. The van der Waals surface area contributed by atoms with Crippen LogP contribution in [-0.2, 0) is 16.4 Å². The van der Waals surface area contributed by atoms with Gasteiger partial charge in [0.15, 0.2) is 0 Å². The van der Waals surface area contributed by atoms with Crippen molar-refractivity contribution >= 4 is 31.6 Å². The lowest BCUT2D eigenvalue weighted by Gasteiger charge is -2.16. The summed E-state index contributed by atoms with van der Waals surface area (Å²) in [7, 11) is -3.58. The van der Waals surface area contributed by atoms with Crippen LogP contribution in [0.2, 0.25) is 0 Å². The SMILES string of the molecule is CC(CNCCc1cccc2ccccc12)NS(=O)(=O)c1ccc2cnccc2c1. The highest BCUT2D eigenvalue weighted by Crippen LogP contribution is 2.19. The number of pyridine rings is 1. The van der Waals surface area contributed by atoms with Crippen LogP contribution < -0.4 is 10.0 Å². The molecular formula is C24H25N3O2S. The van der Waals surface area contributed by atoms with Crippen molar-refractivity contribution in [1.29, 1.82) is 0 Å². The van der Waals surface area contributed by atoms with E-state index in [9.17, 15) is 8.42 Å². The van der Waals surface area contributed by atoms with Gasteiger partial charge in [-0.25, -0.2) is 13.1 Å². The number of aromatic nitrogens is 1. The Kier molecular flexibility index (Phi) is 6.08. The van der Waals surface area contributed by atoms with E-state index in [1.54, 1.807) is 30.6 Å². The van der Waals surface area contributed by atoms with Crippen molar-refractivity contribution in [3.8, 4) is 0 Å². The number of rotatable bonds is 8. The summed E-state index contributed by atoms with van der Waals surface area (Å²) in [5.74, 6) is 0. The molecule has 0 aliphatic carbocycles. The van der Waals surface area contributed by atoms with E-state index in [1.165, 1.54) is 16.3 Å². The fraction of sp³-hybridized carbons (Fsp3) is 0.208. The molecule has 4 aromatic rings. The van der Waals surface area contributed by atoms with Gasteiger partial charge in [0.2, 0.25) is 10.0 Å². The van der Waals surface area contributed by atoms with Gasteiger partial charge in [0.25, 0.3) is 0 Å². The number of sulfonamides is 1. The van der Waals surface area contributed by atoms with E-state index in [2.05, 4.69) is 51.4 Å². The molecule has 0 spiro atoms. The maximum absolute atomic E-state index is 12.7. The van der Waals surface area contributed by atoms with Crippen molar-refractivity contribution in [1.82, 2.24) is 15.0 Å². The largest absolute Gasteiger partial charge is 0.315 e. The summed E-state index contributed by atoms with van der Waals surface area (Å²) in [5.41, 5.74) is 1.29. The van der Waals surface area contributed by atoms with Crippen LogP contribution in [0, 0.1) is 0 Å². The van der Waals surface area contributed by atoms with Crippen molar-refractivity contribution < 1.29 is 8.42 Å². The Balaban J connectivity index is 1.33. The van der Waals surface area contributed by atoms with Crippen LogP contribution in [-0.4, -0.2) is 32.5 Å². The third-order valence-electron chi connectivity index (χ3n) is 5.18. The molecule has 1 unspecified atom stereocenters. The molecule has 2 N–H and O–H groups in total. The Labute approximate surface area is 177 Å². The van der Waals surface area contributed by atoms with Gasteiger partial charge in [-0.1, -0.05) is 48.5 Å². The van der Waals surface area contributed by atoms with Gasteiger partial charge in [-0.15, -0.1) is 0 Å². The van der Waals surface area contributed by atoms with E-state index >= 15 is 0 Å². The molecule has 1 atom stereocenters. The van der Waals surface area contributed by atoms with Crippen LogP contribution in [0.5, 0.6) is 0 Å². The molecular weight excluding hydrogens is 394 g/mol. The van der Waals surface area contributed by atoms with Crippen LogP contribution in [0.1, 0.15) is 12.5 Å². The quantitative estimate of drug-likeness (QED) is 0.425. The lowest BCUT2D eigenvalue weighted by atomic mass is 10.0. The van der Waals surface area contributed by atoms with E-state index in [1.807, 2.05) is 19.1 Å². The minimum absolute atomic E-state index is 0.226. The van der Waals surface area contributed by atoms with E-state index in [4.69, 9.17) is 0 Å². The van der Waals surface area contributed by atoms with E-state index in [-0.39, 0.29) is 10.9 Å². The molecule has 0 amide bonds. The molecule has 0 saturated carbocycles. The summed E-state index contributed by atoms with van der Waals surface area (Å²) in [6.07, 6.45) is 4.27.